The van der Waals surface area contributed by atoms with Crippen molar-refractivity contribution in [1.82, 2.24) is 10.2 Å². The van der Waals surface area contributed by atoms with Gasteiger partial charge >= 0.3 is 0 Å². The van der Waals surface area contributed by atoms with Gasteiger partial charge in [0.05, 0.1) is 6.61 Å². The maximum atomic E-state index is 12.3. The van der Waals surface area contributed by atoms with Crippen LogP contribution in [0.25, 0.3) is 11.5 Å². The normalized spacial score (nSPS) is 10.4. The Labute approximate surface area is 145 Å². The minimum atomic E-state index is -0.175. The molecule has 0 unspecified atom stereocenters. The zero-order valence-corrected chi connectivity index (χ0v) is 13.9. The number of nitrogens with one attached hydrogen (secondary N) is 1. The average molecular weight is 337 g/mol. The van der Waals surface area contributed by atoms with Gasteiger partial charge in [-0.25, -0.2) is 0 Å². The Morgan fingerprint density at radius 3 is 2.52 bits per heavy atom. The van der Waals surface area contributed by atoms with Crippen molar-refractivity contribution in [2.24, 2.45) is 0 Å². The number of nitrogens with zero attached hydrogens (tertiary/aromatic N) is 2. The summed E-state index contributed by atoms with van der Waals surface area (Å²) in [6.07, 6.45) is 3.38. The number of anilines is 1. The second-order valence-electron chi connectivity index (χ2n) is 5.50. The third-order valence-corrected chi connectivity index (χ3v) is 3.63. The van der Waals surface area contributed by atoms with Gasteiger partial charge in [0.2, 0.25) is 12.3 Å². The average Bonchev–Trinajstić information content (AvgIpc) is 3.18. The molecule has 0 aliphatic carbocycles. The molecule has 1 aromatic heterocycles. The zero-order chi connectivity index (χ0) is 17.5. The van der Waals surface area contributed by atoms with E-state index in [-0.39, 0.29) is 5.91 Å². The summed E-state index contributed by atoms with van der Waals surface area (Å²) in [6, 6.07) is 14.3. The first-order chi connectivity index (χ1) is 12.3. The van der Waals surface area contributed by atoms with E-state index in [9.17, 15) is 4.79 Å². The fraction of sp³-hybridized carbons (Fsp3) is 0.211. The third-order valence-electron chi connectivity index (χ3n) is 3.63. The van der Waals surface area contributed by atoms with Crippen molar-refractivity contribution in [3.05, 3.63) is 60.5 Å². The number of aromatic nitrogens is 2. The molecule has 0 saturated carbocycles. The highest BCUT2D eigenvalue weighted by atomic mass is 16.5. The lowest BCUT2D eigenvalue weighted by Gasteiger charge is -2.08. The Balaban J connectivity index is 1.60. The maximum absolute atomic E-state index is 12.3. The van der Waals surface area contributed by atoms with Crippen LogP contribution >= 0.6 is 0 Å². The third kappa shape index (κ3) is 4.44. The summed E-state index contributed by atoms with van der Waals surface area (Å²) < 4.78 is 10.7. The van der Waals surface area contributed by atoms with E-state index in [0.29, 0.717) is 23.7 Å². The predicted octanol–water partition coefficient (Wildman–Crippen LogP) is 4.17. The van der Waals surface area contributed by atoms with Crippen LogP contribution in [0.2, 0.25) is 0 Å². The summed E-state index contributed by atoms with van der Waals surface area (Å²) in [5, 5.41) is 10.3. The molecular weight excluding hydrogens is 318 g/mol. The number of amides is 1. The Hall–Kier alpha value is -3.15. The molecule has 1 heterocycles. The number of rotatable bonds is 7. The quantitative estimate of drug-likeness (QED) is 0.655. The van der Waals surface area contributed by atoms with Crippen molar-refractivity contribution in [2.75, 3.05) is 11.9 Å². The van der Waals surface area contributed by atoms with Crippen molar-refractivity contribution in [2.45, 2.75) is 19.8 Å². The highest BCUT2D eigenvalue weighted by molar-refractivity contribution is 6.04. The summed E-state index contributed by atoms with van der Waals surface area (Å²) in [5.41, 5.74) is 2.06. The number of benzene rings is 2. The molecule has 0 aliphatic heterocycles. The van der Waals surface area contributed by atoms with Crippen LogP contribution in [0.5, 0.6) is 5.75 Å². The molecule has 1 N–H and O–H groups in total. The summed E-state index contributed by atoms with van der Waals surface area (Å²) >= 11 is 0. The smallest absolute Gasteiger partial charge is 0.255 e. The minimum absolute atomic E-state index is 0.175. The standard InChI is InChI=1S/C19H19N3O3/c1-2-3-12-24-17-10-6-14(7-11-17)18(23)21-16-8-4-15(5-9-16)19-22-20-13-25-19/h4-11,13H,2-3,12H2,1H3,(H,21,23). The van der Waals surface area contributed by atoms with Gasteiger partial charge in [0.1, 0.15) is 5.75 Å². The predicted molar refractivity (Wildman–Crippen MR) is 94.5 cm³/mol. The Bertz CT molecular complexity index is 797. The molecule has 2 aromatic carbocycles. The summed E-state index contributed by atoms with van der Waals surface area (Å²) in [6.45, 7) is 2.81. The molecule has 0 fully saturated rings. The Kier molecular flexibility index (Phi) is 5.41. The number of carbonyl (C=O) groups is 1. The van der Waals surface area contributed by atoms with Gasteiger partial charge in [0.15, 0.2) is 0 Å². The van der Waals surface area contributed by atoms with Gasteiger partial charge in [0.25, 0.3) is 5.91 Å². The highest BCUT2D eigenvalue weighted by Crippen LogP contribution is 2.20. The first-order valence-electron chi connectivity index (χ1n) is 8.17. The molecule has 0 atom stereocenters. The van der Waals surface area contributed by atoms with E-state index in [1.165, 1.54) is 6.39 Å². The highest BCUT2D eigenvalue weighted by Gasteiger charge is 2.08. The van der Waals surface area contributed by atoms with E-state index < -0.39 is 0 Å². The van der Waals surface area contributed by atoms with Crippen LogP contribution in [0, 0.1) is 0 Å². The molecule has 3 aromatic rings. The van der Waals surface area contributed by atoms with E-state index >= 15 is 0 Å². The van der Waals surface area contributed by atoms with Crippen LogP contribution in [0.15, 0.2) is 59.3 Å². The molecule has 6 nitrogen and oxygen atoms in total. The maximum Gasteiger partial charge on any atom is 0.255 e. The van der Waals surface area contributed by atoms with E-state index in [0.717, 1.165) is 24.2 Å². The van der Waals surface area contributed by atoms with Gasteiger partial charge in [-0.1, -0.05) is 13.3 Å². The molecule has 0 radical (unpaired) electrons. The zero-order valence-electron chi connectivity index (χ0n) is 13.9. The fourth-order valence-corrected chi connectivity index (χ4v) is 2.24. The molecule has 0 spiro atoms. The summed E-state index contributed by atoms with van der Waals surface area (Å²) in [7, 11) is 0. The van der Waals surface area contributed by atoms with Crippen LogP contribution in [-0.4, -0.2) is 22.7 Å². The summed E-state index contributed by atoms with van der Waals surface area (Å²) in [4.78, 5) is 12.3. The van der Waals surface area contributed by atoms with Crippen LogP contribution in [0.4, 0.5) is 5.69 Å². The van der Waals surface area contributed by atoms with Crippen molar-refractivity contribution in [3.63, 3.8) is 0 Å². The fourth-order valence-electron chi connectivity index (χ4n) is 2.24. The SMILES string of the molecule is CCCCOc1ccc(C(=O)Nc2ccc(-c3nnco3)cc2)cc1. The number of carbonyl (C=O) groups excluding carboxylic acids is 1. The lowest BCUT2D eigenvalue weighted by atomic mass is 10.1. The largest absolute Gasteiger partial charge is 0.494 e. The molecule has 6 heteroatoms. The van der Waals surface area contributed by atoms with E-state index in [4.69, 9.17) is 9.15 Å². The molecule has 0 bridgehead atoms. The van der Waals surface area contributed by atoms with Gasteiger partial charge in [-0.05, 0) is 55.0 Å². The molecule has 1 amide bonds. The molecule has 0 saturated heterocycles. The molecule has 0 aliphatic rings. The molecule has 3 rings (SSSR count). The van der Waals surface area contributed by atoms with Crippen molar-refractivity contribution >= 4 is 11.6 Å². The van der Waals surface area contributed by atoms with Gasteiger partial charge in [-0.3, -0.25) is 4.79 Å². The Morgan fingerprint density at radius 1 is 1.12 bits per heavy atom. The molecule has 25 heavy (non-hydrogen) atoms. The van der Waals surface area contributed by atoms with Gasteiger partial charge in [-0.15, -0.1) is 10.2 Å². The van der Waals surface area contributed by atoms with E-state index in [1.54, 1.807) is 24.3 Å². The minimum Gasteiger partial charge on any atom is -0.494 e. The van der Waals surface area contributed by atoms with E-state index in [1.807, 2.05) is 24.3 Å². The summed E-state index contributed by atoms with van der Waals surface area (Å²) in [5.74, 6) is 1.04. The number of hydrogen-bond acceptors (Lipinski definition) is 5. The number of unbranched alkanes of at least 4 members (excludes halogenated alkanes) is 1. The van der Waals surface area contributed by atoms with Crippen LogP contribution in [0.3, 0.4) is 0 Å². The van der Waals surface area contributed by atoms with Crippen molar-refractivity contribution in [3.8, 4) is 17.2 Å². The van der Waals surface area contributed by atoms with Crippen molar-refractivity contribution < 1.29 is 13.9 Å². The lowest BCUT2D eigenvalue weighted by molar-refractivity contribution is 0.102. The topological polar surface area (TPSA) is 77.2 Å². The van der Waals surface area contributed by atoms with Crippen molar-refractivity contribution in [1.29, 1.82) is 0 Å². The number of ether oxygens (including phenoxy) is 1. The number of hydrogen-bond donors (Lipinski definition) is 1. The van der Waals surface area contributed by atoms with Gasteiger partial charge in [0, 0.05) is 16.8 Å². The molecule has 128 valence electrons. The first kappa shape index (κ1) is 16.7. The second-order valence-corrected chi connectivity index (χ2v) is 5.50. The van der Waals surface area contributed by atoms with Gasteiger partial charge < -0.3 is 14.5 Å². The van der Waals surface area contributed by atoms with Crippen LogP contribution < -0.4 is 10.1 Å². The second kappa shape index (κ2) is 8.10. The Morgan fingerprint density at radius 2 is 1.88 bits per heavy atom. The molecular formula is C19H19N3O3. The first-order valence-corrected chi connectivity index (χ1v) is 8.17. The van der Waals surface area contributed by atoms with Crippen LogP contribution in [0.1, 0.15) is 30.1 Å². The lowest BCUT2D eigenvalue weighted by Crippen LogP contribution is -2.11. The van der Waals surface area contributed by atoms with Crippen LogP contribution in [-0.2, 0) is 0 Å². The van der Waals surface area contributed by atoms with Gasteiger partial charge in [-0.2, -0.15) is 0 Å². The monoisotopic (exact) mass is 337 g/mol. The van der Waals surface area contributed by atoms with E-state index in [2.05, 4.69) is 22.4 Å².